The molecule has 20 heavy (non-hydrogen) atoms. The van der Waals surface area contributed by atoms with Gasteiger partial charge in [-0.25, -0.2) is 9.78 Å². The minimum absolute atomic E-state index is 0.392. The number of imidazole rings is 1. The molecule has 0 unspecified atom stereocenters. The molecule has 0 spiro atoms. The first-order valence-corrected chi connectivity index (χ1v) is 7.20. The van der Waals surface area contributed by atoms with E-state index < -0.39 is 17.2 Å². The van der Waals surface area contributed by atoms with Gasteiger partial charge in [-0.1, -0.05) is 0 Å². The quantitative estimate of drug-likeness (QED) is 0.889. The van der Waals surface area contributed by atoms with Crippen LogP contribution >= 0.6 is 0 Å². The molecular formula is C15H25N3O2. The van der Waals surface area contributed by atoms with Crippen LogP contribution in [0.2, 0.25) is 0 Å². The normalized spacial score (nSPS) is 16.1. The predicted molar refractivity (Wildman–Crippen MR) is 77.7 cm³/mol. The minimum Gasteiger partial charge on any atom is -0.444 e. The number of hydrogen-bond donors (Lipinski definition) is 2. The van der Waals surface area contributed by atoms with Crippen LogP contribution in [0.15, 0.2) is 6.20 Å². The predicted octanol–water partition coefficient (Wildman–Crippen LogP) is 3.13. The summed E-state index contributed by atoms with van der Waals surface area (Å²) in [6.07, 6.45) is 4.68. The molecule has 1 aromatic rings. The lowest BCUT2D eigenvalue weighted by Gasteiger charge is -2.28. The fourth-order valence-electron chi connectivity index (χ4n) is 2.11. The number of aromatic nitrogens is 2. The van der Waals surface area contributed by atoms with Gasteiger partial charge in [0.15, 0.2) is 0 Å². The van der Waals surface area contributed by atoms with Crippen LogP contribution in [0.4, 0.5) is 4.79 Å². The van der Waals surface area contributed by atoms with Crippen molar-refractivity contribution in [3.8, 4) is 0 Å². The van der Waals surface area contributed by atoms with Crippen molar-refractivity contribution in [2.24, 2.45) is 0 Å². The average molecular weight is 279 g/mol. The second-order valence-corrected chi connectivity index (χ2v) is 7.25. The maximum Gasteiger partial charge on any atom is 0.408 e. The van der Waals surface area contributed by atoms with Crippen LogP contribution in [0.1, 0.15) is 64.9 Å². The Morgan fingerprint density at radius 3 is 2.60 bits per heavy atom. The summed E-state index contributed by atoms with van der Waals surface area (Å²) in [5, 5.41) is 2.89. The molecule has 0 radical (unpaired) electrons. The zero-order valence-corrected chi connectivity index (χ0v) is 13.0. The van der Waals surface area contributed by atoms with Crippen molar-refractivity contribution in [2.45, 2.75) is 70.9 Å². The van der Waals surface area contributed by atoms with E-state index in [4.69, 9.17) is 4.74 Å². The van der Waals surface area contributed by atoms with E-state index in [1.165, 1.54) is 18.5 Å². The van der Waals surface area contributed by atoms with Crippen LogP contribution in [0.3, 0.4) is 0 Å². The van der Waals surface area contributed by atoms with Crippen molar-refractivity contribution < 1.29 is 9.53 Å². The number of H-pyrrole nitrogens is 1. The number of nitrogens with one attached hydrogen (secondary N) is 2. The third-order valence-corrected chi connectivity index (χ3v) is 3.11. The molecule has 1 aliphatic carbocycles. The van der Waals surface area contributed by atoms with Gasteiger partial charge in [0, 0.05) is 29.8 Å². The highest BCUT2D eigenvalue weighted by Gasteiger charge is 2.28. The largest absolute Gasteiger partial charge is 0.444 e. The first-order chi connectivity index (χ1) is 9.15. The molecule has 0 atom stereocenters. The number of carbonyl (C=O) groups excluding carboxylic acids is 1. The lowest BCUT2D eigenvalue weighted by atomic mass is 10.0. The Morgan fingerprint density at radius 2 is 2.05 bits per heavy atom. The van der Waals surface area contributed by atoms with Gasteiger partial charge in [-0.2, -0.15) is 0 Å². The Bertz CT molecular complexity index is 482. The molecule has 1 saturated carbocycles. The van der Waals surface area contributed by atoms with Crippen LogP contribution in [-0.4, -0.2) is 27.2 Å². The number of carbonyl (C=O) groups is 1. The molecule has 5 nitrogen and oxygen atoms in total. The van der Waals surface area contributed by atoms with Gasteiger partial charge in [0.2, 0.25) is 0 Å². The number of amides is 1. The van der Waals surface area contributed by atoms with Gasteiger partial charge in [-0.05, 0) is 47.5 Å². The standard InChI is InChI=1S/C15H25N3O2/c1-14(2,3)20-13(19)18-15(4,5)8-12-16-9-11(17-12)10-6-7-10/h9-10H,6-8H2,1-5H3,(H,16,17)(H,18,19). The lowest BCUT2D eigenvalue weighted by molar-refractivity contribution is 0.0472. The van der Waals surface area contributed by atoms with E-state index in [9.17, 15) is 4.79 Å². The van der Waals surface area contributed by atoms with Crippen molar-refractivity contribution in [3.63, 3.8) is 0 Å². The van der Waals surface area contributed by atoms with Gasteiger partial charge < -0.3 is 15.0 Å². The van der Waals surface area contributed by atoms with Gasteiger partial charge in [0.25, 0.3) is 0 Å². The smallest absolute Gasteiger partial charge is 0.408 e. The molecule has 2 N–H and O–H groups in total. The maximum absolute atomic E-state index is 11.8. The average Bonchev–Trinajstić information content (AvgIpc) is 2.96. The summed E-state index contributed by atoms with van der Waals surface area (Å²) in [4.78, 5) is 19.6. The molecule has 112 valence electrons. The Morgan fingerprint density at radius 1 is 1.40 bits per heavy atom. The summed E-state index contributed by atoms with van der Waals surface area (Å²) in [7, 11) is 0. The number of aromatic amines is 1. The molecular weight excluding hydrogens is 254 g/mol. The highest BCUT2D eigenvalue weighted by molar-refractivity contribution is 5.68. The summed E-state index contributed by atoms with van der Waals surface area (Å²) in [5.74, 6) is 1.58. The van der Waals surface area contributed by atoms with Crippen LogP contribution in [0.25, 0.3) is 0 Å². The molecule has 0 aromatic carbocycles. The van der Waals surface area contributed by atoms with Crippen LogP contribution in [0, 0.1) is 0 Å². The second kappa shape index (κ2) is 5.11. The van der Waals surface area contributed by atoms with Crippen molar-refractivity contribution in [3.05, 3.63) is 17.7 Å². The fourth-order valence-corrected chi connectivity index (χ4v) is 2.11. The zero-order chi connectivity index (χ0) is 15.0. The molecule has 1 fully saturated rings. The van der Waals surface area contributed by atoms with Crippen molar-refractivity contribution >= 4 is 6.09 Å². The Balaban J connectivity index is 1.90. The van der Waals surface area contributed by atoms with Gasteiger partial charge >= 0.3 is 6.09 Å². The SMILES string of the molecule is CC(C)(Cc1ncc(C2CC2)[nH]1)NC(=O)OC(C)(C)C. The summed E-state index contributed by atoms with van der Waals surface area (Å²) >= 11 is 0. The third kappa shape index (κ3) is 4.54. The number of nitrogens with zero attached hydrogens (tertiary/aromatic N) is 1. The fraction of sp³-hybridized carbons (Fsp3) is 0.733. The van der Waals surface area contributed by atoms with Crippen LogP contribution in [0.5, 0.6) is 0 Å². The Labute approximate surface area is 120 Å². The summed E-state index contributed by atoms with van der Waals surface area (Å²) < 4.78 is 5.28. The molecule has 0 bridgehead atoms. The molecule has 5 heteroatoms. The Hall–Kier alpha value is -1.52. The highest BCUT2D eigenvalue weighted by atomic mass is 16.6. The van der Waals surface area contributed by atoms with Crippen molar-refractivity contribution in [1.82, 2.24) is 15.3 Å². The molecule has 1 amide bonds. The van der Waals surface area contributed by atoms with Gasteiger partial charge in [0.1, 0.15) is 11.4 Å². The van der Waals surface area contributed by atoms with E-state index in [-0.39, 0.29) is 0 Å². The van der Waals surface area contributed by atoms with Gasteiger partial charge in [-0.3, -0.25) is 0 Å². The highest BCUT2D eigenvalue weighted by Crippen LogP contribution is 2.38. The van der Waals surface area contributed by atoms with Crippen molar-refractivity contribution in [2.75, 3.05) is 0 Å². The zero-order valence-electron chi connectivity index (χ0n) is 13.0. The summed E-state index contributed by atoms with van der Waals surface area (Å²) in [5.41, 5.74) is 0.332. The first kappa shape index (κ1) is 14.9. The monoisotopic (exact) mass is 279 g/mol. The maximum atomic E-state index is 11.8. The molecule has 2 rings (SSSR count). The van der Waals surface area contributed by atoms with Crippen molar-refractivity contribution in [1.29, 1.82) is 0 Å². The van der Waals surface area contributed by atoms with E-state index in [1.54, 1.807) is 0 Å². The molecule has 1 aliphatic rings. The number of alkyl carbamates (subject to hydrolysis) is 1. The molecule has 1 heterocycles. The summed E-state index contributed by atoms with van der Waals surface area (Å²) in [6.45, 7) is 9.50. The van der Waals surface area contributed by atoms with Crippen LogP contribution in [-0.2, 0) is 11.2 Å². The summed E-state index contributed by atoms with van der Waals surface area (Å²) in [6, 6.07) is 0. The van der Waals surface area contributed by atoms with E-state index in [0.29, 0.717) is 12.3 Å². The topological polar surface area (TPSA) is 67.0 Å². The second-order valence-electron chi connectivity index (χ2n) is 7.25. The van der Waals surface area contributed by atoms with E-state index in [2.05, 4.69) is 15.3 Å². The number of ether oxygens (including phenoxy) is 1. The van der Waals surface area contributed by atoms with E-state index >= 15 is 0 Å². The van der Waals surface area contributed by atoms with Gasteiger partial charge in [-0.15, -0.1) is 0 Å². The van der Waals surface area contributed by atoms with Gasteiger partial charge in [0.05, 0.1) is 0 Å². The minimum atomic E-state index is -0.482. The molecule has 1 aromatic heterocycles. The Kier molecular flexibility index (Phi) is 3.80. The molecule has 0 aliphatic heterocycles. The van der Waals surface area contributed by atoms with E-state index in [0.717, 1.165) is 5.82 Å². The van der Waals surface area contributed by atoms with E-state index in [1.807, 2.05) is 40.8 Å². The third-order valence-electron chi connectivity index (χ3n) is 3.11. The molecule has 0 saturated heterocycles. The number of rotatable bonds is 4. The number of hydrogen-bond acceptors (Lipinski definition) is 3. The van der Waals surface area contributed by atoms with Crippen LogP contribution < -0.4 is 5.32 Å². The lowest BCUT2D eigenvalue weighted by Crippen LogP contribution is -2.47. The first-order valence-electron chi connectivity index (χ1n) is 7.20.